The highest BCUT2D eigenvalue weighted by Crippen LogP contribution is 2.32. The highest BCUT2D eigenvalue weighted by molar-refractivity contribution is 5.98. The Morgan fingerprint density at radius 3 is 1.12 bits per heavy atom. The molecule has 30 nitrogen and oxygen atoms in total. The standard InChI is InChI=1S/C90H114N12O18/c1-63-37-47-93-79(59-63)91-45-15-27-83(105)99-75(87(111)101-77(61-85(107)108)69-33-29-67(30-34-69)73-23-13-19-65-17-3-5-21-71(65)73)25-7-9-41-95-81(103)39-49-115-51-53-117-55-57-119-89(113)97-43-11-12-44-98-90(114)120-58-56-118-54-52-116-50-40-82(104)96-42-10-8-26-76(100-84(106)28-16-46-92-80-60-64(2)38-48-94-80)88(112)102-78(62-86(109)110)70-35-31-68(32-36-70)74-24-14-20-66-18-4-6-22-72(66)74/h3-6,13-14,17-24,29-38,47-48,59-60,75-78H,7-12,15-16,25-28,39-46,49-58,61-62H2,1-2H3,(H,91,93)(H,92,94)(H,95,103)(H,96,104)(H,97,113)(H,98,114)(H,99,105)(H,100,106)(H,101,111)(H,102,112)(H,107,108)(H,109,110). The first kappa shape index (κ1) is 93.4. The minimum atomic E-state index is -1.10. The van der Waals surface area contributed by atoms with Gasteiger partial charge in [0.15, 0.2) is 0 Å². The lowest BCUT2D eigenvalue weighted by molar-refractivity contribution is -0.139. The molecular weight excluding hydrogens is 1540 g/mol. The van der Waals surface area contributed by atoms with Crippen LogP contribution in [0.3, 0.4) is 0 Å². The van der Waals surface area contributed by atoms with Gasteiger partial charge in [0.2, 0.25) is 35.4 Å². The van der Waals surface area contributed by atoms with E-state index in [1.165, 1.54) is 0 Å². The number of aryl methyl sites for hydroxylation is 2. The average Bonchev–Trinajstić information content (AvgIpc) is 0.811. The summed E-state index contributed by atoms with van der Waals surface area (Å²) < 4.78 is 32.4. The second-order valence-electron chi connectivity index (χ2n) is 28.8. The molecule has 0 aliphatic rings. The Kier molecular flexibility index (Phi) is 41.5. The molecule has 8 amide bonds. The van der Waals surface area contributed by atoms with Gasteiger partial charge in [-0.15, -0.1) is 0 Å². The zero-order chi connectivity index (χ0) is 85.3. The van der Waals surface area contributed by atoms with E-state index in [1.807, 2.05) is 172 Å². The number of pyridine rings is 2. The molecule has 0 fully saturated rings. The van der Waals surface area contributed by atoms with Crippen LogP contribution in [-0.4, -0.2) is 197 Å². The molecule has 2 aromatic heterocycles. The van der Waals surface area contributed by atoms with Crippen LogP contribution >= 0.6 is 0 Å². The minimum Gasteiger partial charge on any atom is -0.481 e. The number of hydrogen-bond donors (Lipinski definition) is 12. The van der Waals surface area contributed by atoms with E-state index in [0.29, 0.717) is 113 Å². The normalized spacial score (nSPS) is 12.1. The first-order valence-corrected chi connectivity index (χ1v) is 41.1. The van der Waals surface area contributed by atoms with Gasteiger partial charge in [0.1, 0.15) is 36.9 Å². The van der Waals surface area contributed by atoms with Crippen molar-refractivity contribution >= 4 is 92.7 Å². The van der Waals surface area contributed by atoms with Gasteiger partial charge in [-0.3, -0.25) is 38.4 Å². The molecule has 12 N–H and O–H groups in total. The number of amides is 8. The maximum atomic E-state index is 14.0. The Bertz CT molecular complexity index is 4260. The lowest BCUT2D eigenvalue weighted by Crippen LogP contribution is -2.48. The quantitative estimate of drug-likeness (QED) is 0.0158. The third-order valence-electron chi connectivity index (χ3n) is 19.4. The van der Waals surface area contributed by atoms with E-state index in [-0.39, 0.29) is 141 Å². The fraction of sp³-hybridized carbons (Fsp3) is 0.422. The number of carbonyl (C=O) groups excluding carboxylic acids is 8. The van der Waals surface area contributed by atoms with Crippen molar-refractivity contribution in [3.05, 3.63) is 192 Å². The fourth-order valence-electron chi connectivity index (χ4n) is 13.1. The van der Waals surface area contributed by atoms with Crippen LogP contribution in [0.2, 0.25) is 0 Å². The van der Waals surface area contributed by atoms with Gasteiger partial charge in [0.05, 0.1) is 77.8 Å². The number of fused-ring (bicyclic) bond motifs is 2. The Labute approximate surface area is 699 Å². The van der Waals surface area contributed by atoms with E-state index in [1.54, 1.807) is 12.4 Å². The molecule has 30 heteroatoms. The number of alkyl carbamates (subject to hydrolysis) is 2. The summed E-state index contributed by atoms with van der Waals surface area (Å²) in [6, 6.07) is 46.9. The summed E-state index contributed by atoms with van der Waals surface area (Å²) in [5.74, 6) is -3.02. The molecule has 6 aromatic carbocycles. The maximum Gasteiger partial charge on any atom is 0.407 e. The third kappa shape index (κ3) is 35.6. The lowest BCUT2D eigenvalue weighted by Gasteiger charge is -2.23. The second-order valence-corrected chi connectivity index (χ2v) is 28.8. The number of aliphatic carboxylic acids is 2. The predicted octanol–water partition coefficient (Wildman–Crippen LogP) is 11.1. The first-order chi connectivity index (χ1) is 58.3. The number of aromatic nitrogens is 2. The van der Waals surface area contributed by atoms with E-state index in [9.17, 15) is 58.2 Å². The molecule has 120 heavy (non-hydrogen) atoms. The number of nitrogens with zero attached hydrogens (tertiary/aromatic N) is 2. The second kappa shape index (κ2) is 53.3. The van der Waals surface area contributed by atoms with Crippen LogP contribution in [0.25, 0.3) is 43.8 Å². The molecule has 0 spiro atoms. The molecule has 4 unspecified atom stereocenters. The number of carbonyl (C=O) groups is 10. The van der Waals surface area contributed by atoms with Gasteiger partial charge in [-0.1, -0.05) is 133 Å². The van der Waals surface area contributed by atoms with E-state index in [4.69, 9.17) is 28.4 Å². The largest absolute Gasteiger partial charge is 0.481 e. The molecule has 8 aromatic rings. The highest BCUT2D eigenvalue weighted by atomic mass is 16.6. The monoisotopic (exact) mass is 1650 g/mol. The van der Waals surface area contributed by atoms with Crippen molar-refractivity contribution in [2.75, 3.05) is 116 Å². The van der Waals surface area contributed by atoms with Gasteiger partial charge >= 0.3 is 24.1 Å². The van der Waals surface area contributed by atoms with E-state index < -0.39 is 60.1 Å². The van der Waals surface area contributed by atoms with E-state index in [0.717, 1.165) is 54.9 Å². The number of carboxylic acid groups (broad SMARTS) is 2. The van der Waals surface area contributed by atoms with Gasteiger partial charge < -0.3 is 91.8 Å². The average molecular weight is 1650 g/mol. The summed E-state index contributed by atoms with van der Waals surface area (Å²) in [4.78, 5) is 137. The minimum absolute atomic E-state index is 0.000985. The van der Waals surface area contributed by atoms with Crippen molar-refractivity contribution in [2.45, 2.75) is 141 Å². The number of hydrogen-bond acceptors (Lipinski definition) is 20. The van der Waals surface area contributed by atoms with Crippen LogP contribution in [0.5, 0.6) is 0 Å². The highest BCUT2D eigenvalue weighted by Gasteiger charge is 2.28. The van der Waals surface area contributed by atoms with Crippen molar-refractivity contribution in [2.24, 2.45) is 0 Å². The summed E-state index contributed by atoms with van der Waals surface area (Å²) in [7, 11) is 0. The molecule has 0 radical (unpaired) electrons. The topological polar surface area (TPSA) is 413 Å². The van der Waals surface area contributed by atoms with Crippen LogP contribution in [0.1, 0.15) is 137 Å². The van der Waals surface area contributed by atoms with Crippen molar-refractivity contribution in [1.29, 1.82) is 0 Å². The van der Waals surface area contributed by atoms with Gasteiger partial charge in [-0.05, 0) is 168 Å². The molecule has 2 heterocycles. The van der Waals surface area contributed by atoms with Crippen molar-refractivity contribution < 1.29 is 86.6 Å². The van der Waals surface area contributed by atoms with Gasteiger partial charge in [-0.2, -0.15) is 0 Å². The lowest BCUT2D eigenvalue weighted by atomic mass is 9.95. The number of unbranched alkanes of at least 4 members (excludes halogenated alkanes) is 3. The van der Waals surface area contributed by atoms with Gasteiger partial charge in [0.25, 0.3) is 0 Å². The summed E-state index contributed by atoms with van der Waals surface area (Å²) in [6.45, 7) is 7.42. The van der Waals surface area contributed by atoms with Crippen molar-refractivity contribution in [1.82, 2.24) is 52.5 Å². The SMILES string of the molecule is Cc1ccnc(NCCCC(=O)NC(CCCCNC(=O)CCOCCOCCOC(=O)NCCCCNC(=O)OCCOCCOCCC(=O)NCCCCC(NC(=O)CCCNc2cc(C)ccn2)C(=O)NC(CC(=O)O)c2ccc(-c3cccc4ccccc34)cc2)C(=O)NC(CC(=O)O)c2ccc(-c3cccc4ccccc34)cc2)c1. The molecule has 0 saturated carbocycles. The number of anilines is 2. The van der Waals surface area contributed by atoms with Crippen LogP contribution in [0.4, 0.5) is 21.2 Å². The zero-order valence-corrected chi connectivity index (χ0v) is 68.4. The van der Waals surface area contributed by atoms with Crippen molar-refractivity contribution in [3.8, 4) is 22.3 Å². The van der Waals surface area contributed by atoms with Crippen LogP contribution in [-0.2, 0) is 66.8 Å². The molecule has 0 bridgehead atoms. The number of carboxylic acids is 2. The van der Waals surface area contributed by atoms with Crippen LogP contribution < -0.4 is 53.2 Å². The van der Waals surface area contributed by atoms with E-state index >= 15 is 0 Å². The summed E-state index contributed by atoms with van der Waals surface area (Å²) in [5, 5.41) is 53.1. The molecule has 0 aliphatic heterocycles. The number of benzene rings is 6. The molecule has 0 aliphatic carbocycles. The smallest absolute Gasteiger partial charge is 0.407 e. The Hall–Kier alpha value is -12.1. The van der Waals surface area contributed by atoms with Crippen molar-refractivity contribution in [3.63, 3.8) is 0 Å². The van der Waals surface area contributed by atoms with Gasteiger partial charge in [0, 0.05) is 77.3 Å². The van der Waals surface area contributed by atoms with Crippen LogP contribution in [0, 0.1) is 13.8 Å². The Morgan fingerprint density at radius 1 is 0.358 bits per heavy atom. The maximum absolute atomic E-state index is 14.0. The number of nitrogens with one attached hydrogen (secondary N) is 10. The number of rotatable bonds is 57. The van der Waals surface area contributed by atoms with E-state index in [2.05, 4.69) is 63.1 Å². The predicted molar refractivity (Wildman–Crippen MR) is 456 cm³/mol. The zero-order valence-electron chi connectivity index (χ0n) is 68.4. The number of ether oxygens (including phenoxy) is 6. The first-order valence-electron chi connectivity index (χ1n) is 41.1. The Balaban J connectivity index is 0.603. The van der Waals surface area contributed by atoms with Gasteiger partial charge in [-0.25, -0.2) is 19.6 Å². The van der Waals surface area contributed by atoms with Crippen LogP contribution in [0.15, 0.2) is 170 Å². The molecule has 8 rings (SSSR count). The molecular formula is C90H114N12O18. The fourth-order valence-corrected chi connectivity index (χ4v) is 13.1. The summed E-state index contributed by atoms with van der Waals surface area (Å²) in [6.07, 6.45) is 6.22. The summed E-state index contributed by atoms with van der Waals surface area (Å²) in [5.41, 5.74) is 7.18. The summed E-state index contributed by atoms with van der Waals surface area (Å²) >= 11 is 0. The molecule has 642 valence electrons. The molecule has 4 atom stereocenters. The Morgan fingerprint density at radius 2 is 0.725 bits per heavy atom. The molecule has 0 saturated heterocycles. The third-order valence-corrected chi connectivity index (χ3v) is 19.4.